The van der Waals surface area contributed by atoms with Crippen molar-refractivity contribution in [1.29, 1.82) is 5.26 Å². The van der Waals surface area contributed by atoms with Gasteiger partial charge in [-0.3, -0.25) is 4.79 Å². The summed E-state index contributed by atoms with van der Waals surface area (Å²) in [6, 6.07) is 21.0. The number of nitrogens with zero attached hydrogens (tertiary/aromatic N) is 1. The van der Waals surface area contributed by atoms with Gasteiger partial charge in [0.2, 0.25) is 0 Å². The number of hydrogen-bond acceptors (Lipinski definition) is 3. The van der Waals surface area contributed by atoms with Crippen LogP contribution in [0.2, 0.25) is 0 Å². The van der Waals surface area contributed by atoms with E-state index < -0.39 is 5.91 Å². The smallest absolute Gasteiger partial charge is 0.266 e. The van der Waals surface area contributed by atoms with E-state index in [1.165, 1.54) is 12.1 Å². The summed E-state index contributed by atoms with van der Waals surface area (Å²) in [6.07, 6.45) is 1.97. The van der Waals surface area contributed by atoms with Crippen molar-refractivity contribution in [1.82, 2.24) is 0 Å². The zero-order valence-electron chi connectivity index (χ0n) is 16.8. The molecule has 0 spiro atoms. The van der Waals surface area contributed by atoms with Crippen molar-refractivity contribution in [2.45, 2.75) is 13.3 Å². The Kier molecular flexibility index (Phi) is 6.61. The highest BCUT2D eigenvalue weighted by atomic mass is 19.1. The number of ether oxygens (including phenoxy) is 1. The first-order chi connectivity index (χ1) is 14.5. The van der Waals surface area contributed by atoms with E-state index in [9.17, 15) is 14.4 Å². The maximum Gasteiger partial charge on any atom is 0.266 e. The maximum absolute atomic E-state index is 13.6. The molecule has 0 radical (unpaired) electrons. The molecule has 150 valence electrons. The summed E-state index contributed by atoms with van der Waals surface area (Å²) in [5, 5.41) is 12.3. The van der Waals surface area contributed by atoms with Crippen molar-refractivity contribution in [3.63, 3.8) is 0 Å². The van der Waals surface area contributed by atoms with Crippen molar-refractivity contribution in [3.05, 3.63) is 100 Å². The first kappa shape index (κ1) is 20.8. The zero-order valence-corrected chi connectivity index (χ0v) is 16.8. The van der Waals surface area contributed by atoms with Gasteiger partial charge in [0.15, 0.2) is 0 Å². The van der Waals surface area contributed by atoms with E-state index in [2.05, 4.69) is 5.32 Å². The molecular weight excluding hydrogens is 379 g/mol. The normalized spacial score (nSPS) is 10.9. The molecule has 5 heteroatoms. The van der Waals surface area contributed by atoms with Crippen LogP contribution in [0, 0.1) is 24.1 Å². The second-order valence-electron chi connectivity index (χ2n) is 6.81. The van der Waals surface area contributed by atoms with Crippen LogP contribution >= 0.6 is 0 Å². The number of nitriles is 1. The minimum absolute atomic E-state index is 0.0242. The highest BCUT2D eigenvalue weighted by Crippen LogP contribution is 2.24. The third-order valence-electron chi connectivity index (χ3n) is 4.69. The lowest BCUT2D eigenvalue weighted by Gasteiger charge is -2.11. The number of carbonyl (C=O) groups excluding carboxylic acids is 1. The molecule has 0 saturated heterocycles. The first-order valence-corrected chi connectivity index (χ1v) is 9.40. The molecule has 0 aromatic heterocycles. The largest absolute Gasteiger partial charge is 0.497 e. The fraction of sp³-hybridized carbons (Fsp3) is 0.120. The number of anilines is 1. The van der Waals surface area contributed by atoms with Crippen molar-refractivity contribution < 1.29 is 13.9 Å². The molecule has 0 fully saturated rings. The number of para-hydroxylation sites is 1. The minimum Gasteiger partial charge on any atom is -0.497 e. The maximum atomic E-state index is 13.6. The molecule has 3 aromatic carbocycles. The van der Waals surface area contributed by atoms with Gasteiger partial charge in [-0.05, 0) is 72.0 Å². The Morgan fingerprint density at radius 1 is 1.13 bits per heavy atom. The standard InChI is InChI=1S/C25H21FN2O2/c1-17-6-3-4-9-24(17)28-25(29)21(16-27)14-19-10-11-23(30-2)15-20(19)12-18-7-5-8-22(26)13-18/h3-11,13-15H,12H2,1-2H3,(H,28,29)/b21-14+. The van der Waals surface area contributed by atoms with Crippen LogP contribution in [0.25, 0.3) is 6.08 Å². The highest BCUT2D eigenvalue weighted by molar-refractivity contribution is 6.10. The van der Waals surface area contributed by atoms with Crippen molar-refractivity contribution in [3.8, 4) is 11.8 Å². The molecule has 0 aliphatic rings. The van der Waals surface area contributed by atoms with Crippen LogP contribution in [0.15, 0.2) is 72.3 Å². The van der Waals surface area contributed by atoms with E-state index in [1.54, 1.807) is 37.5 Å². The average Bonchev–Trinajstić information content (AvgIpc) is 2.74. The zero-order chi connectivity index (χ0) is 21.5. The molecule has 0 aliphatic heterocycles. The van der Waals surface area contributed by atoms with Crippen LogP contribution in [0.4, 0.5) is 10.1 Å². The van der Waals surface area contributed by atoms with Gasteiger partial charge in [0.05, 0.1) is 7.11 Å². The molecule has 0 unspecified atom stereocenters. The summed E-state index contributed by atoms with van der Waals surface area (Å²) in [6.45, 7) is 1.88. The lowest BCUT2D eigenvalue weighted by atomic mass is 9.97. The van der Waals surface area contributed by atoms with Gasteiger partial charge in [-0.15, -0.1) is 0 Å². The third-order valence-corrected chi connectivity index (χ3v) is 4.69. The molecule has 1 N–H and O–H groups in total. The topological polar surface area (TPSA) is 62.1 Å². The molecule has 1 amide bonds. The van der Waals surface area contributed by atoms with Crippen LogP contribution in [0.3, 0.4) is 0 Å². The van der Waals surface area contributed by atoms with Crippen molar-refractivity contribution in [2.75, 3.05) is 12.4 Å². The number of rotatable bonds is 6. The number of amides is 1. The van der Waals surface area contributed by atoms with Crippen LogP contribution in [0.5, 0.6) is 5.75 Å². The molecule has 4 nitrogen and oxygen atoms in total. The number of hydrogen-bond donors (Lipinski definition) is 1. The Bertz CT molecular complexity index is 1150. The fourth-order valence-corrected chi connectivity index (χ4v) is 3.08. The summed E-state index contributed by atoms with van der Waals surface area (Å²) in [7, 11) is 1.56. The Labute approximate surface area is 175 Å². The van der Waals surface area contributed by atoms with Crippen LogP contribution in [-0.2, 0) is 11.2 Å². The van der Waals surface area contributed by atoms with Crippen molar-refractivity contribution >= 4 is 17.7 Å². The molecule has 0 heterocycles. The Morgan fingerprint density at radius 2 is 1.93 bits per heavy atom. The molecule has 0 aliphatic carbocycles. The predicted octanol–water partition coefficient (Wildman–Crippen LogP) is 5.28. The number of aryl methyl sites for hydroxylation is 1. The van der Waals surface area contributed by atoms with E-state index in [1.807, 2.05) is 43.3 Å². The van der Waals surface area contributed by atoms with Crippen molar-refractivity contribution in [2.24, 2.45) is 0 Å². The van der Waals surface area contributed by atoms with Crippen LogP contribution < -0.4 is 10.1 Å². The lowest BCUT2D eigenvalue weighted by Crippen LogP contribution is -2.14. The van der Waals surface area contributed by atoms with Crippen LogP contribution in [-0.4, -0.2) is 13.0 Å². The quantitative estimate of drug-likeness (QED) is 0.452. The van der Waals surface area contributed by atoms with Gasteiger partial charge in [0, 0.05) is 5.69 Å². The summed E-state index contributed by atoms with van der Waals surface area (Å²) >= 11 is 0. The molecular formula is C25H21FN2O2. The van der Waals surface area contributed by atoms with E-state index in [-0.39, 0.29) is 11.4 Å². The monoisotopic (exact) mass is 400 g/mol. The van der Waals surface area contributed by atoms with Crippen LogP contribution in [0.1, 0.15) is 22.3 Å². The van der Waals surface area contributed by atoms with Gasteiger partial charge in [-0.2, -0.15) is 5.26 Å². The van der Waals surface area contributed by atoms with E-state index in [0.29, 0.717) is 23.4 Å². The number of carbonyl (C=O) groups is 1. The number of halogens is 1. The average molecular weight is 400 g/mol. The number of methoxy groups -OCH3 is 1. The third kappa shape index (κ3) is 5.12. The lowest BCUT2D eigenvalue weighted by molar-refractivity contribution is -0.112. The second-order valence-corrected chi connectivity index (χ2v) is 6.81. The van der Waals surface area contributed by atoms with Gasteiger partial charge in [-0.25, -0.2) is 4.39 Å². The SMILES string of the molecule is COc1ccc(/C=C(\C#N)C(=O)Nc2ccccc2C)c(Cc2cccc(F)c2)c1. The van der Waals surface area contributed by atoms with E-state index in [4.69, 9.17) is 4.74 Å². The van der Waals surface area contributed by atoms with Gasteiger partial charge in [0.1, 0.15) is 23.2 Å². The van der Waals surface area contributed by atoms with Gasteiger partial charge < -0.3 is 10.1 Å². The molecule has 30 heavy (non-hydrogen) atoms. The molecule has 0 saturated carbocycles. The Morgan fingerprint density at radius 3 is 2.63 bits per heavy atom. The summed E-state index contributed by atoms with van der Waals surface area (Å²) in [5.74, 6) is -0.163. The summed E-state index contributed by atoms with van der Waals surface area (Å²) in [5.41, 5.74) is 3.82. The number of benzene rings is 3. The Balaban J connectivity index is 1.94. The highest BCUT2D eigenvalue weighted by Gasteiger charge is 2.13. The van der Waals surface area contributed by atoms with E-state index >= 15 is 0 Å². The minimum atomic E-state index is -0.487. The fourth-order valence-electron chi connectivity index (χ4n) is 3.08. The predicted molar refractivity (Wildman–Crippen MR) is 116 cm³/mol. The second kappa shape index (κ2) is 9.53. The summed E-state index contributed by atoms with van der Waals surface area (Å²) in [4.78, 5) is 12.7. The molecule has 0 atom stereocenters. The van der Waals surface area contributed by atoms with Gasteiger partial charge in [-0.1, -0.05) is 36.4 Å². The molecule has 3 rings (SSSR count). The Hall–Kier alpha value is -3.91. The first-order valence-electron chi connectivity index (χ1n) is 9.40. The molecule has 3 aromatic rings. The summed E-state index contributed by atoms with van der Waals surface area (Å²) < 4.78 is 18.9. The van der Waals surface area contributed by atoms with Gasteiger partial charge >= 0.3 is 0 Å². The van der Waals surface area contributed by atoms with E-state index in [0.717, 1.165) is 16.7 Å². The number of nitrogens with one attached hydrogen (secondary N) is 1. The van der Waals surface area contributed by atoms with Gasteiger partial charge in [0.25, 0.3) is 5.91 Å². The molecule has 0 bridgehead atoms.